The molecule has 1 fully saturated rings. The summed E-state index contributed by atoms with van der Waals surface area (Å²) in [6.45, 7) is 2.10. The minimum absolute atomic E-state index is 0.484. The molecule has 0 unspecified atom stereocenters. The summed E-state index contributed by atoms with van der Waals surface area (Å²) < 4.78 is 11.0. The van der Waals surface area contributed by atoms with Crippen molar-refractivity contribution in [1.82, 2.24) is 4.90 Å². The molecule has 1 aliphatic heterocycles. The minimum atomic E-state index is 0.484. The molecule has 0 radical (unpaired) electrons. The molecule has 1 heterocycles. The first kappa shape index (κ1) is 15.5. The number of aryl methyl sites for hydroxylation is 2. The third kappa shape index (κ3) is 2.78. The monoisotopic (exact) mass is 323 g/mol. The van der Waals surface area contributed by atoms with Crippen LogP contribution in [0.4, 0.5) is 0 Å². The Bertz CT molecular complexity index is 741. The van der Waals surface area contributed by atoms with Crippen molar-refractivity contribution >= 4 is 0 Å². The van der Waals surface area contributed by atoms with Crippen molar-refractivity contribution in [1.29, 1.82) is 0 Å². The van der Waals surface area contributed by atoms with Crippen molar-refractivity contribution in [2.45, 2.75) is 38.3 Å². The molecule has 2 aromatic carbocycles. The number of rotatable bonds is 5. The van der Waals surface area contributed by atoms with E-state index in [9.17, 15) is 0 Å². The van der Waals surface area contributed by atoms with E-state index < -0.39 is 0 Å². The Hall–Kier alpha value is -2.00. The van der Waals surface area contributed by atoms with Crippen molar-refractivity contribution in [3.05, 3.63) is 58.7 Å². The molecule has 2 aromatic rings. The Morgan fingerprint density at radius 3 is 2.58 bits per heavy atom. The molecule has 3 heteroatoms. The number of methoxy groups -OCH3 is 2. The van der Waals surface area contributed by atoms with Crippen LogP contribution >= 0.6 is 0 Å². The molecule has 1 saturated heterocycles. The number of hydrogen-bond donors (Lipinski definition) is 0. The predicted molar refractivity (Wildman–Crippen MR) is 95.8 cm³/mol. The van der Waals surface area contributed by atoms with E-state index in [-0.39, 0.29) is 0 Å². The van der Waals surface area contributed by atoms with Crippen LogP contribution in [0.25, 0.3) is 0 Å². The highest BCUT2D eigenvalue weighted by Gasteiger charge is 2.30. The van der Waals surface area contributed by atoms with Gasteiger partial charge in [0, 0.05) is 24.7 Å². The largest absolute Gasteiger partial charge is 0.497 e. The summed E-state index contributed by atoms with van der Waals surface area (Å²) in [4.78, 5) is 2.54. The first-order valence-corrected chi connectivity index (χ1v) is 8.85. The lowest BCUT2D eigenvalue weighted by molar-refractivity contribution is 0.0807. The molecule has 0 amide bonds. The van der Waals surface area contributed by atoms with Crippen molar-refractivity contribution in [2.24, 2.45) is 0 Å². The topological polar surface area (TPSA) is 21.7 Å². The highest BCUT2D eigenvalue weighted by atomic mass is 16.5. The third-order valence-corrected chi connectivity index (χ3v) is 5.48. The van der Waals surface area contributed by atoms with E-state index in [0.717, 1.165) is 24.6 Å². The smallest absolute Gasteiger partial charge is 0.123 e. The number of benzene rings is 2. The molecule has 0 bridgehead atoms. The number of fused-ring (bicyclic) bond motifs is 1. The van der Waals surface area contributed by atoms with E-state index in [2.05, 4.69) is 35.2 Å². The molecule has 0 saturated carbocycles. The van der Waals surface area contributed by atoms with Crippen LogP contribution in [0.15, 0.2) is 36.4 Å². The van der Waals surface area contributed by atoms with Crippen molar-refractivity contribution in [3.63, 3.8) is 0 Å². The van der Waals surface area contributed by atoms with Crippen molar-refractivity contribution in [2.75, 3.05) is 20.8 Å². The van der Waals surface area contributed by atoms with Gasteiger partial charge in [0.1, 0.15) is 11.5 Å². The highest BCUT2D eigenvalue weighted by Crippen LogP contribution is 2.38. The lowest BCUT2D eigenvalue weighted by Crippen LogP contribution is -2.40. The van der Waals surface area contributed by atoms with Crippen LogP contribution in [0.5, 0.6) is 11.5 Å². The lowest BCUT2D eigenvalue weighted by atomic mass is 9.93. The van der Waals surface area contributed by atoms with Gasteiger partial charge < -0.3 is 9.47 Å². The summed E-state index contributed by atoms with van der Waals surface area (Å²) >= 11 is 0. The molecule has 1 aliphatic carbocycles. The molecule has 4 rings (SSSR count). The lowest BCUT2D eigenvalue weighted by Gasteiger charge is -2.41. The Morgan fingerprint density at radius 1 is 1.04 bits per heavy atom. The van der Waals surface area contributed by atoms with Crippen LogP contribution in [0.2, 0.25) is 0 Å². The SMILES string of the molecule is COc1cccc([C@H]2CCN2Cc2cc3c(cc2OC)CCC3)c1. The van der Waals surface area contributed by atoms with Crippen LogP contribution in [0, 0.1) is 0 Å². The van der Waals surface area contributed by atoms with E-state index >= 15 is 0 Å². The minimum Gasteiger partial charge on any atom is -0.497 e. The number of hydrogen-bond acceptors (Lipinski definition) is 3. The second-order valence-electron chi connectivity index (χ2n) is 6.84. The predicted octanol–water partition coefficient (Wildman–Crippen LogP) is 4.14. The molecule has 0 N–H and O–H groups in total. The summed E-state index contributed by atoms with van der Waals surface area (Å²) in [6.07, 6.45) is 4.90. The van der Waals surface area contributed by atoms with E-state index in [4.69, 9.17) is 9.47 Å². The summed E-state index contributed by atoms with van der Waals surface area (Å²) in [5, 5.41) is 0. The molecule has 2 aliphatic rings. The number of likely N-dealkylation sites (tertiary alicyclic amines) is 1. The molecule has 0 spiro atoms. The van der Waals surface area contributed by atoms with Gasteiger partial charge in [0.05, 0.1) is 14.2 Å². The maximum atomic E-state index is 5.67. The highest BCUT2D eigenvalue weighted by molar-refractivity contribution is 5.45. The molecule has 126 valence electrons. The average molecular weight is 323 g/mol. The van der Waals surface area contributed by atoms with E-state index in [1.807, 2.05) is 6.07 Å². The van der Waals surface area contributed by atoms with Gasteiger partial charge in [0.2, 0.25) is 0 Å². The van der Waals surface area contributed by atoms with Gasteiger partial charge in [-0.3, -0.25) is 4.90 Å². The fourth-order valence-corrected chi connectivity index (χ4v) is 4.04. The Morgan fingerprint density at radius 2 is 1.88 bits per heavy atom. The van der Waals surface area contributed by atoms with Crippen molar-refractivity contribution < 1.29 is 9.47 Å². The first-order chi connectivity index (χ1) is 11.8. The zero-order chi connectivity index (χ0) is 16.5. The van der Waals surface area contributed by atoms with Crippen molar-refractivity contribution in [3.8, 4) is 11.5 Å². The standard InChI is InChI=1S/C21H25NO2/c1-23-19-8-4-7-17(12-19)20-9-10-22(20)14-18-11-15-5-3-6-16(15)13-21(18)24-2/h4,7-8,11-13,20H,3,5-6,9-10,14H2,1-2H3/t20-/m1/s1. The normalized spacial score (nSPS) is 19.7. The van der Waals surface area contributed by atoms with Gasteiger partial charge >= 0.3 is 0 Å². The Balaban J connectivity index is 1.55. The second-order valence-corrected chi connectivity index (χ2v) is 6.84. The Labute approximate surface area is 144 Å². The van der Waals surface area contributed by atoms with Crippen LogP contribution < -0.4 is 9.47 Å². The second kappa shape index (κ2) is 6.48. The quantitative estimate of drug-likeness (QED) is 0.825. The zero-order valence-corrected chi connectivity index (χ0v) is 14.5. The third-order valence-electron chi connectivity index (χ3n) is 5.48. The van der Waals surface area contributed by atoms with Gasteiger partial charge in [-0.25, -0.2) is 0 Å². The fraction of sp³-hybridized carbons (Fsp3) is 0.429. The van der Waals surface area contributed by atoms with Gasteiger partial charge in [-0.15, -0.1) is 0 Å². The van der Waals surface area contributed by atoms with Gasteiger partial charge in [-0.2, -0.15) is 0 Å². The fourth-order valence-electron chi connectivity index (χ4n) is 4.04. The van der Waals surface area contributed by atoms with Gasteiger partial charge in [-0.1, -0.05) is 18.2 Å². The summed E-state index contributed by atoms with van der Waals surface area (Å²) in [5.41, 5.74) is 5.67. The van der Waals surface area contributed by atoms with Crippen LogP contribution in [0.1, 0.15) is 41.1 Å². The summed E-state index contributed by atoms with van der Waals surface area (Å²) in [5.74, 6) is 1.99. The van der Waals surface area contributed by atoms with Gasteiger partial charge in [0.15, 0.2) is 0 Å². The zero-order valence-electron chi connectivity index (χ0n) is 14.5. The first-order valence-electron chi connectivity index (χ1n) is 8.85. The number of nitrogens with zero attached hydrogens (tertiary/aromatic N) is 1. The van der Waals surface area contributed by atoms with E-state index in [1.54, 1.807) is 14.2 Å². The van der Waals surface area contributed by atoms with Crippen LogP contribution in [0.3, 0.4) is 0 Å². The van der Waals surface area contributed by atoms with E-state index in [1.165, 1.54) is 47.9 Å². The van der Waals surface area contributed by atoms with Crippen LogP contribution in [-0.2, 0) is 19.4 Å². The molecular formula is C21H25NO2. The van der Waals surface area contributed by atoms with Gasteiger partial charge in [0.25, 0.3) is 0 Å². The maximum absolute atomic E-state index is 5.67. The number of ether oxygens (including phenoxy) is 2. The average Bonchev–Trinajstić information content (AvgIpc) is 3.05. The summed E-state index contributed by atoms with van der Waals surface area (Å²) in [6, 6.07) is 13.6. The summed E-state index contributed by atoms with van der Waals surface area (Å²) in [7, 11) is 3.52. The van der Waals surface area contributed by atoms with Crippen LogP contribution in [-0.4, -0.2) is 25.7 Å². The molecule has 24 heavy (non-hydrogen) atoms. The Kier molecular flexibility index (Phi) is 4.19. The molecular weight excluding hydrogens is 298 g/mol. The maximum Gasteiger partial charge on any atom is 0.123 e. The van der Waals surface area contributed by atoms with Gasteiger partial charge in [-0.05, 0) is 60.6 Å². The molecule has 3 nitrogen and oxygen atoms in total. The molecule has 0 aromatic heterocycles. The molecule has 1 atom stereocenters. The van der Waals surface area contributed by atoms with E-state index in [0.29, 0.717) is 6.04 Å².